The lowest BCUT2D eigenvalue weighted by atomic mass is 10.0. The summed E-state index contributed by atoms with van der Waals surface area (Å²) in [5.41, 5.74) is 0. The van der Waals surface area contributed by atoms with Crippen LogP contribution in [0.3, 0.4) is 0 Å². The lowest BCUT2D eigenvalue weighted by molar-refractivity contribution is -0.161. The molecular weight excluding hydrogens is 1200 g/mol. The van der Waals surface area contributed by atoms with E-state index in [1.54, 1.807) is 0 Å². The van der Waals surface area contributed by atoms with Crippen molar-refractivity contribution < 1.29 is 80.2 Å². The third-order valence-corrected chi connectivity index (χ3v) is 18.7. The summed E-state index contributed by atoms with van der Waals surface area (Å²) < 4.78 is 68.3. The minimum Gasteiger partial charge on any atom is -0.462 e. The molecule has 0 aromatic heterocycles. The zero-order chi connectivity index (χ0) is 67.0. The Morgan fingerprint density at radius 3 is 0.747 bits per heavy atom. The van der Waals surface area contributed by atoms with E-state index in [0.29, 0.717) is 25.7 Å². The highest BCUT2D eigenvalue weighted by Crippen LogP contribution is 2.45. The van der Waals surface area contributed by atoms with E-state index in [0.717, 1.165) is 95.8 Å². The van der Waals surface area contributed by atoms with Gasteiger partial charge in [0.25, 0.3) is 0 Å². The SMILES string of the molecule is CCCCCCCCCCCCCCCCC(=O)OC[C@H](COP(=O)(O)OC[C@@H](O)COP(=O)(O)OC[C@@H](COC(=O)CCCCCCCCCCC)OC(=O)CCCCCCCCCCCC)OC(=O)CCCCCCCCCCCCCCCCCC(C)C. The van der Waals surface area contributed by atoms with Crippen LogP contribution < -0.4 is 0 Å². The molecule has 0 aromatic carbocycles. The van der Waals surface area contributed by atoms with Crippen molar-refractivity contribution in [3.8, 4) is 0 Å². The first-order chi connectivity index (χ1) is 44.0. The van der Waals surface area contributed by atoms with Crippen LogP contribution in [-0.2, 0) is 65.4 Å². The second-order valence-electron chi connectivity index (χ2n) is 26.5. The van der Waals surface area contributed by atoms with Gasteiger partial charge in [-0.3, -0.25) is 37.3 Å². The standard InChI is InChI=1S/C72H140O17P2/c1-6-9-12-15-18-21-23-24-29-32-37-41-46-51-56-70(75)83-62-68(89-72(77)58-53-48-43-38-33-30-27-25-26-28-31-35-39-44-49-54-65(4)5)64-87-91(80,81)85-60-66(73)59-84-90(78,79)86-63-67(61-82-69(74)55-50-45-40-34-20-17-14-11-8-3)88-71(76)57-52-47-42-36-22-19-16-13-10-7-2/h65-68,73H,6-64H2,1-5H3,(H,78,79)(H,80,81)/t66-,67+,68+/m0/s1. The van der Waals surface area contributed by atoms with E-state index in [-0.39, 0.29) is 25.7 Å². The van der Waals surface area contributed by atoms with Gasteiger partial charge < -0.3 is 33.8 Å². The van der Waals surface area contributed by atoms with Gasteiger partial charge in [-0.2, -0.15) is 0 Å². The first-order valence-electron chi connectivity index (χ1n) is 37.6. The number of rotatable bonds is 72. The molecule has 19 heteroatoms. The summed E-state index contributed by atoms with van der Waals surface area (Å²) >= 11 is 0. The number of phosphoric acid groups is 2. The molecule has 0 saturated heterocycles. The molecule has 2 unspecified atom stereocenters. The largest absolute Gasteiger partial charge is 0.472 e. The number of hydrogen-bond donors (Lipinski definition) is 3. The summed E-state index contributed by atoms with van der Waals surface area (Å²) in [6, 6.07) is 0. The molecule has 540 valence electrons. The molecule has 5 atom stereocenters. The Kier molecular flexibility index (Phi) is 64.0. The Labute approximate surface area is 556 Å². The molecule has 0 amide bonds. The van der Waals surface area contributed by atoms with Crippen molar-refractivity contribution in [2.45, 2.75) is 393 Å². The highest BCUT2D eigenvalue weighted by molar-refractivity contribution is 7.47. The summed E-state index contributed by atoms with van der Waals surface area (Å²) in [6.45, 7) is 7.27. The minimum atomic E-state index is -4.95. The first-order valence-corrected chi connectivity index (χ1v) is 40.6. The van der Waals surface area contributed by atoms with Gasteiger partial charge in [0.2, 0.25) is 0 Å². The molecule has 0 radical (unpaired) electrons. The molecule has 0 saturated carbocycles. The number of unbranched alkanes of at least 4 members (excludes halogenated alkanes) is 44. The first kappa shape index (κ1) is 89.1. The van der Waals surface area contributed by atoms with Crippen molar-refractivity contribution in [3.05, 3.63) is 0 Å². The van der Waals surface area contributed by atoms with E-state index < -0.39 is 97.5 Å². The molecule has 3 N–H and O–H groups in total. The molecule has 0 rings (SSSR count). The quantitative estimate of drug-likeness (QED) is 0.0222. The summed E-state index contributed by atoms with van der Waals surface area (Å²) in [5.74, 6) is -1.32. The van der Waals surface area contributed by atoms with Gasteiger partial charge in [0.05, 0.1) is 26.4 Å². The van der Waals surface area contributed by atoms with Crippen molar-refractivity contribution in [1.82, 2.24) is 0 Å². The molecule has 0 aliphatic carbocycles. The summed E-state index contributed by atoms with van der Waals surface area (Å²) in [7, 11) is -9.90. The van der Waals surface area contributed by atoms with Crippen LogP contribution >= 0.6 is 15.6 Å². The second-order valence-corrected chi connectivity index (χ2v) is 29.4. The number of phosphoric ester groups is 2. The lowest BCUT2D eigenvalue weighted by Crippen LogP contribution is -2.30. The Hall–Kier alpha value is -1.94. The number of carbonyl (C=O) groups is 4. The van der Waals surface area contributed by atoms with Crippen LogP contribution in [0.2, 0.25) is 0 Å². The van der Waals surface area contributed by atoms with Crippen LogP contribution in [0.15, 0.2) is 0 Å². The predicted octanol–water partition coefficient (Wildman–Crippen LogP) is 20.9. The monoisotopic (exact) mass is 1340 g/mol. The maximum atomic E-state index is 13.0. The zero-order valence-electron chi connectivity index (χ0n) is 59.0. The van der Waals surface area contributed by atoms with E-state index >= 15 is 0 Å². The van der Waals surface area contributed by atoms with Gasteiger partial charge in [0, 0.05) is 25.7 Å². The van der Waals surface area contributed by atoms with Crippen molar-refractivity contribution >= 4 is 39.5 Å². The molecule has 0 spiro atoms. The highest BCUT2D eigenvalue weighted by atomic mass is 31.2. The van der Waals surface area contributed by atoms with Crippen LogP contribution in [0.1, 0.15) is 375 Å². The van der Waals surface area contributed by atoms with Crippen LogP contribution in [0.25, 0.3) is 0 Å². The summed E-state index contributed by atoms with van der Waals surface area (Å²) in [6.07, 6.45) is 52.6. The van der Waals surface area contributed by atoms with Crippen LogP contribution in [0, 0.1) is 5.92 Å². The molecular formula is C72H140O17P2. The third-order valence-electron chi connectivity index (χ3n) is 16.8. The maximum absolute atomic E-state index is 13.0. The fourth-order valence-corrected chi connectivity index (χ4v) is 12.6. The van der Waals surface area contributed by atoms with Gasteiger partial charge in [0.1, 0.15) is 19.3 Å². The smallest absolute Gasteiger partial charge is 0.462 e. The maximum Gasteiger partial charge on any atom is 0.472 e. The molecule has 0 aliphatic rings. The van der Waals surface area contributed by atoms with E-state index in [9.17, 15) is 43.2 Å². The van der Waals surface area contributed by atoms with Gasteiger partial charge >= 0.3 is 39.5 Å². The Bertz CT molecular complexity index is 1750. The fraction of sp³-hybridized carbons (Fsp3) is 0.944. The zero-order valence-corrected chi connectivity index (χ0v) is 60.8. The van der Waals surface area contributed by atoms with Gasteiger partial charge in [-0.1, -0.05) is 324 Å². The topological polar surface area (TPSA) is 237 Å². The number of esters is 4. The average Bonchev–Trinajstić information content (AvgIpc) is 2.82. The summed E-state index contributed by atoms with van der Waals surface area (Å²) in [4.78, 5) is 72.5. The lowest BCUT2D eigenvalue weighted by Gasteiger charge is -2.21. The number of aliphatic hydroxyl groups excluding tert-OH is 1. The fourth-order valence-electron chi connectivity index (χ4n) is 11.0. The van der Waals surface area contributed by atoms with E-state index in [2.05, 4.69) is 34.6 Å². The van der Waals surface area contributed by atoms with E-state index in [1.165, 1.54) is 199 Å². The molecule has 0 bridgehead atoms. The van der Waals surface area contributed by atoms with Crippen LogP contribution in [-0.4, -0.2) is 96.7 Å². The van der Waals surface area contributed by atoms with E-state index in [4.69, 9.17) is 37.0 Å². The van der Waals surface area contributed by atoms with Gasteiger partial charge in [-0.25, -0.2) is 9.13 Å². The van der Waals surface area contributed by atoms with Gasteiger partial charge in [-0.05, 0) is 31.6 Å². The second kappa shape index (κ2) is 65.4. The van der Waals surface area contributed by atoms with Crippen LogP contribution in [0.5, 0.6) is 0 Å². The normalized spacial score (nSPS) is 14.0. The summed E-state index contributed by atoms with van der Waals surface area (Å²) in [5, 5.41) is 10.6. The Balaban J connectivity index is 5.21. The molecule has 17 nitrogen and oxygen atoms in total. The molecule has 91 heavy (non-hydrogen) atoms. The van der Waals surface area contributed by atoms with Gasteiger partial charge in [-0.15, -0.1) is 0 Å². The van der Waals surface area contributed by atoms with Crippen molar-refractivity contribution in [3.63, 3.8) is 0 Å². The van der Waals surface area contributed by atoms with Crippen molar-refractivity contribution in [2.24, 2.45) is 5.92 Å². The number of ether oxygens (including phenoxy) is 4. The molecule has 0 aliphatic heterocycles. The third kappa shape index (κ3) is 66.5. The van der Waals surface area contributed by atoms with Crippen molar-refractivity contribution in [2.75, 3.05) is 39.6 Å². The number of carbonyl (C=O) groups excluding carboxylic acids is 4. The number of aliphatic hydroxyl groups is 1. The number of hydrogen-bond acceptors (Lipinski definition) is 15. The van der Waals surface area contributed by atoms with Crippen LogP contribution in [0.4, 0.5) is 0 Å². The Morgan fingerprint density at radius 2 is 0.505 bits per heavy atom. The molecule has 0 heterocycles. The molecule has 0 aromatic rings. The minimum absolute atomic E-state index is 0.107. The average molecular weight is 1340 g/mol. The molecule has 0 fully saturated rings. The highest BCUT2D eigenvalue weighted by Gasteiger charge is 2.30. The Morgan fingerprint density at radius 1 is 0.297 bits per heavy atom. The predicted molar refractivity (Wildman–Crippen MR) is 368 cm³/mol. The van der Waals surface area contributed by atoms with Gasteiger partial charge in [0.15, 0.2) is 12.2 Å². The van der Waals surface area contributed by atoms with Crippen molar-refractivity contribution in [1.29, 1.82) is 0 Å². The van der Waals surface area contributed by atoms with E-state index in [1.807, 2.05) is 0 Å².